The van der Waals surface area contributed by atoms with E-state index in [1.807, 2.05) is 12.3 Å². The van der Waals surface area contributed by atoms with Crippen molar-refractivity contribution in [2.45, 2.75) is 51.0 Å². The van der Waals surface area contributed by atoms with E-state index in [1.165, 1.54) is 31.2 Å². The molecule has 1 aliphatic carbocycles. The van der Waals surface area contributed by atoms with E-state index in [4.69, 9.17) is 0 Å². The first-order valence-corrected chi connectivity index (χ1v) is 10.3. The Labute approximate surface area is 162 Å². The number of carbonyl (C=O) groups is 1. The summed E-state index contributed by atoms with van der Waals surface area (Å²) in [6.45, 7) is 2.07. The molecule has 0 unspecified atom stereocenters. The number of benzene rings is 1. The van der Waals surface area contributed by atoms with Gasteiger partial charge >= 0.3 is 0 Å². The summed E-state index contributed by atoms with van der Waals surface area (Å²) < 4.78 is 0. The third kappa shape index (κ3) is 4.68. The van der Waals surface area contributed by atoms with Crippen molar-refractivity contribution in [2.75, 3.05) is 18.0 Å². The molecule has 1 saturated carbocycles. The fourth-order valence-corrected chi connectivity index (χ4v) is 4.41. The number of carbonyl (C=O) groups excluding carboxylic acids is 1. The van der Waals surface area contributed by atoms with Crippen LogP contribution in [0.5, 0.6) is 0 Å². The van der Waals surface area contributed by atoms with Crippen LogP contribution in [0.15, 0.2) is 48.8 Å². The molecule has 0 bridgehead atoms. The van der Waals surface area contributed by atoms with E-state index in [9.17, 15) is 4.79 Å². The first-order valence-electron chi connectivity index (χ1n) is 10.3. The number of aromatic nitrogens is 1. The van der Waals surface area contributed by atoms with Crippen LogP contribution in [0.4, 0.5) is 5.69 Å². The van der Waals surface area contributed by atoms with E-state index in [0.717, 1.165) is 44.0 Å². The lowest BCUT2D eigenvalue weighted by Gasteiger charge is -2.33. The predicted molar refractivity (Wildman–Crippen MR) is 109 cm³/mol. The second-order valence-electron chi connectivity index (χ2n) is 8.01. The minimum absolute atomic E-state index is 0.0233. The molecule has 4 heteroatoms. The van der Waals surface area contributed by atoms with Gasteiger partial charge in [-0.15, -0.1) is 0 Å². The Balaban J connectivity index is 1.33. The van der Waals surface area contributed by atoms with Crippen LogP contribution >= 0.6 is 0 Å². The maximum atomic E-state index is 12.5. The van der Waals surface area contributed by atoms with Crippen molar-refractivity contribution in [1.82, 2.24) is 10.3 Å². The van der Waals surface area contributed by atoms with Crippen LogP contribution in [-0.2, 0) is 6.42 Å². The SMILES string of the molecule is O=C(NC1CCCC1)c1cncc(N2CCC(Cc3ccccc3)CC2)c1. The summed E-state index contributed by atoms with van der Waals surface area (Å²) >= 11 is 0. The summed E-state index contributed by atoms with van der Waals surface area (Å²) in [5, 5.41) is 3.16. The Morgan fingerprint density at radius 1 is 1.04 bits per heavy atom. The molecule has 2 aliphatic rings. The van der Waals surface area contributed by atoms with Gasteiger partial charge in [-0.25, -0.2) is 0 Å². The number of nitrogens with one attached hydrogen (secondary N) is 1. The summed E-state index contributed by atoms with van der Waals surface area (Å²) in [6.07, 6.45) is 11.8. The molecule has 1 aromatic heterocycles. The van der Waals surface area contributed by atoms with Crippen LogP contribution in [0.3, 0.4) is 0 Å². The highest BCUT2D eigenvalue weighted by molar-refractivity contribution is 5.95. The molecule has 1 amide bonds. The number of rotatable bonds is 5. The smallest absolute Gasteiger partial charge is 0.253 e. The van der Waals surface area contributed by atoms with Gasteiger partial charge in [-0.3, -0.25) is 9.78 Å². The molecule has 1 saturated heterocycles. The van der Waals surface area contributed by atoms with Crippen LogP contribution in [0.2, 0.25) is 0 Å². The van der Waals surface area contributed by atoms with Gasteiger partial charge in [0, 0.05) is 25.3 Å². The Kier molecular flexibility index (Phi) is 5.71. The average Bonchev–Trinajstić information content (AvgIpc) is 3.22. The predicted octanol–water partition coefficient (Wildman–Crippen LogP) is 4.21. The molecule has 0 atom stereocenters. The molecule has 1 aromatic carbocycles. The molecule has 2 heterocycles. The number of hydrogen-bond acceptors (Lipinski definition) is 3. The minimum atomic E-state index is 0.0233. The zero-order chi connectivity index (χ0) is 18.5. The third-order valence-electron chi connectivity index (χ3n) is 6.02. The van der Waals surface area contributed by atoms with Gasteiger partial charge in [-0.1, -0.05) is 43.2 Å². The number of nitrogens with zero attached hydrogens (tertiary/aromatic N) is 2. The van der Waals surface area contributed by atoms with Crippen LogP contribution in [0, 0.1) is 5.92 Å². The maximum absolute atomic E-state index is 12.5. The molecular formula is C23H29N3O. The van der Waals surface area contributed by atoms with Crippen molar-refractivity contribution in [3.63, 3.8) is 0 Å². The highest BCUT2D eigenvalue weighted by Gasteiger charge is 2.22. The fraction of sp³-hybridized carbons (Fsp3) is 0.478. The lowest BCUT2D eigenvalue weighted by atomic mass is 9.90. The highest BCUT2D eigenvalue weighted by atomic mass is 16.1. The van der Waals surface area contributed by atoms with E-state index in [2.05, 4.69) is 45.5 Å². The van der Waals surface area contributed by atoms with Gasteiger partial charge in [0.2, 0.25) is 0 Å². The minimum Gasteiger partial charge on any atom is -0.370 e. The Morgan fingerprint density at radius 2 is 1.78 bits per heavy atom. The number of hydrogen-bond donors (Lipinski definition) is 1. The number of amides is 1. The van der Waals surface area contributed by atoms with Crippen LogP contribution < -0.4 is 10.2 Å². The van der Waals surface area contributed by atoms with Crippen molar-refractivity contribution in [2.24, 2.45) is 5.92 Å². The van der Waals surface area contributed by atoms with Gasteiger partial charge in [0.05, 0.1) is 17.4 Å². The van der Waals surface area contributed by atoms with E-state index in [1.54, 1.807) is 6.20 Å². The van der Waals surface area contributed by atoms with Gasteiger partial charge in [-0.05, 0) is 49.7 Å². The van der Waals surface area contributed by atoms with E-state index in [-0.39, 0.29) is 5.91 Å². The fourth-order valence-electron chi connectivity index (χ4n) is 4.41. The van der Waals surface area contributed by atoms with E-state index in [0.29, 0.717) is 11.6 Å². The first-order chi connectivity index (χ1) is 13.3. The maximum Gasteiger partial charge on any atom is 0.253 e. The molecule has 2 fully saturated rings. The van der Waals surface area contributed by atoms with Crippen LogP contribution in [0.25, 0.3) is 0 Å². The first kappa shape index (κ1) is 18.0. The van der Waals surface area contributed by atoms with Crippen molar-refractivity contribution >= 4 is 11.6 Å². The normalized spacial score (nSPS) is 18.6. The number of anilines is 1. The van der Waals surface area contributed by atoms with Gasteiger partial charge in [0.1, 0.15) is 0 Å². The average molecular weight is 364 g/mol. The molecule has 4 rings (SSSR count). The second kappa shape index (κ2) is 8.55. The van der Waals surface area contributed by atoms with Crippen molar-refractivity contribution in [1.29, 1.82) is 0 Å². The quantitative estimate of drug-likeness (QED) is 0.865. The topological polar surface area (TPSA) is 45.2 Å². The summed E-state index contributed by atoms with van der Waals surface area (Å²) in [5.41, 5.74) is 3.20. The summed E-state index contributed by atoms with van der Waals surface area (Å²) in [5.74, 6) is 0.765. The zero-order valence-electron chi connectivity index (χ0n) is 15.9. The lowest BCUT2D eigenvalue weighted by Crippen LogP contribution is -2.35. The van der Waals surface area contributed by atoms with Crippen LogP contribution in [0.1, 0.15) is 54.4 Å². The zero-order valence-corrected chi connectivity index (χ0v) is 15.9. The van der Waals surface area contributed by atoms with Gasteiger partial charge in [-0.2, -0.15) is 0 Å². The second-order valence-corrected chi connectivity index (χ2v) is 8.01. The third-order valence-corrected chi connectivity index (χ3v) is 6.02. The van der Waals surface area contributed by atoms with Gasteiger partial charge in [0.25, 0.3) is 5.91 Å². The summed E-state index contributed by atoms with van der Waals surface area (Å²) in [4.78, 5) is 19.2. The standard InChI is InChI=1S/C23H29N3O/c27-23(25-21-8-4-5-9-21)20-15-22(17-24-16-20)26-12-10-19(11-13-26)14-18-6-2-1-3-7-18/h1-3,6-7,15-17,19,21H,4-5,8-14H2,(H,25,27). The molecule has 0 radical (unpaired) electrons. The molecule has 4 nitrogen and oxygen atoms in total. The Morgan fingerprint density at radius 3 is 2.52 bits per heavy atom. The highest BCUT2D eigenvalue weighted by Crippen LogP contribution is 2.26. The largest absolute Gasteiger partial charge is 0.370 e. The van der Waals surface area contributed by atoms with Crippen molar-refractivity contribution in [3.8, 4) is 0 Å². The molecule has 1 aliphatic heterocycles. The molecule has 1 N–H and O–H groups in total. The molecule has 142 valence electrons. The Hall–Kier alpha value is -2.36. The van der Waals surface area contributed by atoms with E-state index < -0.39 is 0 Å². The Bertz CT molecular complexity index is 747. The number of piperidine rings is 1. The van der Waals surface area contributed by atoms with Gasteiger partial charge in [0.15, 0.2) is 0 Å². The number of pyridine rings is 1. The molecule has 27 heavy (non-hydrogen) atoms. The van der Waals surface area contributed by atoms with Gasteiger partial charge < -0.3 is 10.2 Å². The lowest BCUT2D eigenvalue weighted by molar-refractivity contribution is 0.0937. The van der Waals surface area contributed by atoms with Crippen LogP contribution in [-0.4, -0.2) is 30.0 Å². The molecule has 0 spiro atoms. The molecule has 2 aromatic rings. The van der Waals surface area contributed by atoms with Crippen molar-refractivity contribution in [3.05, 3.63) is 59.9 Å². The van der Waals surface area contributed by atoms with Crippen molar-refractivity contribution < 1.29 is 4.79 Å². The molecular weight excluding hydrogens is 334 g/mol. The monoisotopic (exact) mass is 363 g/mol. The summed E-state index contributed by atoms with van der Waals surface area (Å²) in [7, 11) is 0. The van der Waals surface area contributed by atoms with E-state index >= 15 is 0 Å². The summed E-state index contributed by atoms with van der Waals surface area (Å²) in [6, 6.07) is 13.1.